The standard InChI is InChI=1S/C16H22N2.2ClH/c1-3-17-4-2-11(1)10-18-16-14-6-12-5-13(8-14)9-15(16)7-12;;/h1-4,12-16,18H,5-10H2;2*1H. The van der Waals surface area contributed by atoms with Crippen LogP contribution in [-0.4, -0.2) is 11.0 Å². The van der Waals surface area contributed by atoms with Crippen molar-refractivity contribution in [3.05, 3.63) is 30.1 Å². The third-order valence-corrected chi connectivity index (χ3v) is 5.52. The van der Waals surface area contributed by atoms with Crippen molar-refractivity contribution in [3.8, 4) is 0 Å². The van der Waals surface area contributed by atoms with E-state index in [2.05, 4.69) is 22.4 Å². The van der Waals surface area contributed by atoms with Crippen molar-refractivity contribution in [3.63, 3.8) is 0 Å². The summed E-state index contributed by atoms with van der Waals surface area (Å²) in [7, 11) is 0. The van der Waals surface area contributed by atoms with Crippen LogP contribution in [-0.2, 0) is 6.54 Å². The second-order valence-electron chi connectivity index (χ2n) is 6.69. The minimum Gasteiger partial charge on any atom is -0.309 e. The van der Waals surface area contributed by atoms with Crippen LogP contribution in [0, 0.1) is 23.7 Å². The Morgan fingerprint density at radius 1 is 0.900 bits per heavy atom. The molecule has 4 heteroatoms. The first kappa shape index (κ1) is 16.1. The molecule has 0 unspecified atom stereocenters. The van der Waals surface area contributed by atoms with Crippen molar-refractivity contribution >= 4 is 24.8 Å². The number of pyridine rings is 1. The minimum absolute atomic E-state index is 0. The highest BCUT2D eigenvalue weighted by atomic mass is 35.5. The molecule has 0 amide bonds. The van der Waals surface area contributed by atoms with E-state index >= 15 is 0 Å². The van der Waals surface area contributed by atoms with Crippen LogP contribution in [0.1, 0.15) is 37.7 Å². The molecule has 4 fully saturated rings. The molecule has 4 aliphatic rings. The van der Waals surface area contributed by atoms with Crippen molar-refractivity contribution in [1.82, 2.24) is 10.3 Å². The van der Waals surface area contributed by atoms with Gasteiger partial charge in [0.25, 0.3) is 0 Å². The summed E-state index contributed by atoms with van der Waals surface area (Å²) in [6, 6.07) is 5.05. The summed E-state index contributed by atoms with van der Waals surface area (Å²) in [5, 5.41) is 3.85. The first-order valence-electron chi connectivity index (χ1n) is 7.51. The van der Waals surface area contributed by atoms with Gasteiger partial charge in [0.15, 0.2) is 0 Å². The Bertz CT molecular complexity index is 396. The fraction of sp³-hybridized carbons (Fsp3) is 0.688. The zero-order chi connectivity index (χ0) is 11.9. The van der Waals surface area contributed by atoms with Gasteiger partial charge in [-0.25, -0.2) is 0 Å². The Kier molecular flexibility index (Phi) is 5.33. The Hall–Kier alpha value is -0.310. The zero-order valence-electron chi connectivity index (χ0n) is 11.7. The fourth-order valence-corrected chi connectivity index (χ4v) is 4.99. The highest BCUT2D eigenvalue weighted by molar-refractivity contribution is 5.85. The van der Waals surface area contributed by atoms with Gasteiger partial charge in [-0.15, -0.1) is 24.8 Å². The number of nitrogens with one attached hydrogen (secondary N) is 1. The Balaban J connectivity index is 0.000000735. The molecule has 20 heavy (non-hydrogen) atoms. The lowest BCUT2D eigenvalue weighted by atomic mass is 9.54. The van der Waals surface area contributed by atoms with Gasteiger partial charge in [0.05, 0.1) is 0 Å². The summed E-state index contributed by atoms with van der Waals surface area (Å²) >= 11 is 0. The molecule has 1 aromatic heterocycles. The Morgan fingerprint density at radius 3 is 2.00 bits per heavy atom. The van der Waals surface area contributed by atoms with Crippen molar-refractivity contribution in [1.29, 1.82) is 0 Å². The smallest absolute Gasteiger partial charge is 0.0271 e. The van der Waals surface area contributed by atoms with Crippen LogP contribution in [0.3, 0.4) is 0 Å². The Labute approximate surface area is 134 Å². The highest BCUT2D eigenvalue weighted by Gasteiger charge is 2.47. The molecule has 112 valence electrons. The van der Waals surface area contributed by atoms with E-state index in [4.69, 9.17) is 0 Å². The molecule has 0 aliphatic heterocycles. The van der Waals surface area contributed by atoms with Gasteiger partial charge in [0.2, 0.25) is 0 Å². The fourth-order valence-electron chi connectivity index (χ4n) is 4.99. The highest BCUT2D eigenvalue weighted by Crippen LogP contribution is 2.53. The molecule has 2 nitrogen and oxygen atoms in total. The quantitative estimate of drug-likeness (QED) is 0.917. The SMILES string of the molecule is Cl.Cl.c1cc(CNC2C3CC4CC(C3)CC2C4)ccn1. The molecular weight excluding hydrogens is 291 g/mol. The van der Waals surface area contributed by atoms with E-state index in [1.54, 1.807) is 6.42 Å². The lowest BCUT2D eigenvalue weighted by Gasteiger charge is -2.54. The van der Waals surface area contributed by atoms with Gasteiger partial charge in [0, 0.05) is 25.0 Å². The normalized spacial score (nSPS) is 37.1. The summed E-state index contributed by atoms with van der Waals surface area (Å²) < 4.78 is 0. The van der Waals surface area contributed by atoms with E-state index in [0.717, 1.165) is 36.3 Å². The predicted molar refractivity (Wildman–Crippen MR) is 86.4 cm³/mol. The maximum atomic E-state index is 4.09. The number of aromatic nitrogens is 1. The molecule has 0 saturated heterocycles. The van der Waals surface area contributed by atoms with E-state index in [1.807, 2.05) is 12.4 Å². The molecule has 0 radical (unpaired) electrons. The van der Waals surface area contributed by atoms with E-state index in [-0.39, 0.29) is 24.8 Å². The monoisotopic (exact) mass is 314 g/mol. The topological polar surface area (TPSA) is 24.9 Å². The maximum absolute atomic E-state index is 4.09. The third-order valence-electron chi connectivity index (χ3n) is 5.52. The van der Waals surface area contributed by atoms with Gasteiger partial charge >= 0.3 is 0 Å². The third kappa shape index (κ3) is 2.98. The number of hydrogen-bond donors (Lipinski definition) is 1. The molecule has 4 saturated carbocycles. The molecule has 1 heterocycles. The van der Waals surface area contributed by atoms with E-state index in [0.29, 0.717) is 0 Å². The van der Waals surface area contributed by atoms with E-state index in [1.165, 1.54) is 31.2 Å². The van der Waals surface area contributed by atoms with Crippen LogP contribution < -0.4 is 5.32 Å². The molecule has 4 aliphatic carbocycles. The average molecular weight is 315 g/mol. The molecule has 0 aromatic carbocycles. The molecule has 4 bridgehead atoms. The minimum atomic E-state index is 0. The van der Waals surface area contributed by atoms with Gasteiger partial charge < -0.3 is 5.32 Å². The number of halogens is 2. The first-order valence-corrected chi connectivity index (χ1v) is 7.51. The molecule has 1 aromatic rings. The second kappa shape index (κ2) is 6.64. The van der Waals surface area contributed by atoms with Crippen molar-refractivity contribution in [2.45, 2.75) is 44.7 Å². The summed E-state index contributed by atoms with van der Waals surface area (Å²) in [5.41, 5.74) is 1.37. The van der Waals surface area contributed by atoms with Crippen LogP contribution in [0.2, 0.25) is 0 Å². The van der Waals surface area contributed by atoms with E-state index < -0.39 is 0 Å². The van der Waals surface area contributed by atoms with Crippen molar-refractivity contribution in [2.75, 3.05) is 0 Å². The summed E-state index contributed by atoms with van der Waals surface area (Å²) in [5.74, 6) is 4.10. The predicted octanol–water partition coefficient (Wildman–Crippen LogP) is 3.84. The van der Waals surface area contributed by atoms with Crippen LogP contribution in [0.25, 0.3) is 0 Å². The van der Waals surface area contributed by atoms with Crippen LogP contribution in [0.5, 0.6) is 0 Å². The summed E-state index contributed by atoms with van der Waals surface area (Å²) in [4.78, 5) is 4.09. The molecular formula is C16H24Cl2N2. The Morgan fingerprint density at radius 2 is 1.45 bits per heavy atom. The van der Waals surface area contributed by atoms with Crippen molar-refractivity contribution in [2.24, 2.45) is 23.7 Å². The summed E-state index contributed by atoms with van der Waals surface area (Å²) in [6.45, 7) is 1.02. The van der Waals surface area contributed by atoms with Gasteiger partial charge in [-0.3, -0.25) is 4.98 Å². The number of rotatable bonds is 3. The average Bonchev–Trinajstić information content (AvgIpc) is 2.38. The van der Waals surface area contributed by atoms with Crippen LogP contribution >= 0.6 is 24.8 Å². The number of hydrogen-bond acceptors (Lipinski definition) is 2. The van der Waals surface area contributed by atoms with Crippen LogP contribution in [0.15, 0.2) is 24.5 Å². The van der Waals surface area contributed by atoms with Crippen molar-refractivity contribution < 1.29 is 0 Å². The maximum Gasteiger partial charge on any atom is 0.0271 e. The van der Waals surface area contributed by atoms with Gasteiger partial charge in [-0.1, -0.05) is 0 Å². The molecule has 1 N–H and O–H groups in total. The van der Waals surface area contributed by atoms with Gasteiger partial charge in [-0.05, 0) is 73.5 Å². The molecule has 5 rings (SSSR count). The van der Waals surface area contributed by atoms with Crippen LogP contribution in [0.4, 0.5) is 0 Å². The molecule has 0 atom stereocenters. The largest absolute Gasteiger partial charge is 0.309 e. The number of nitrogens with zero attached hydrogens (tertiary/aromatic N) is 1. The zero-order valence-corrected chi connectivity index (χ0v) is 13.3. The molecule has 0 spiro atoms. The lowest BCUT2D eigenvalue weighted by Crippen LogP contribution is -2.54. The second-order valence-corrected chi connectivity index (χ2v) is 6.69. The van der Waals surface area contributed by atoms with Gasteiger partial charge in [0.1, 0.15) is 0 Å². The van der Waals surface area contributed by atoms with Gasteiger partial charge in [-0.2, -0.15) is 0 Å². The van der Waals surface area contributed by atoms with E-state index in [9.17, 15) is 0 Å². The first-order chi connectivity index (χ1) is 8.88. The lowest BCUT2D eigenvalue weighted by molar-refractivity contribution is -0.0142. The summed E-state index contributed by atoms with van der Waals surface area (Å²) in [6.07, 6.45) is 11.3.